The van der Waals surface area contributed by atoms with Gasteiger partial charge in [0.2, 0.25) is 5.91 Å². The Morgan fingerprint density at radius 3 is 2.65 bits per heavy atom. The van der Waals surface area contributed by atoms with Gasteiger partial charge in [0.25, 0.3) is 0 Å². The Morgan fingerprint density at radius 1 is 1.14 bits per heavy atom. The average molecular weight is 625 g/mol. The van der Waals surface area contributed by atoms with Crippen LogP contribution in [-0.4, -0.2) is 49.6 Å². The van der Waals surface area contributed by atoms with Crippen LogP contribution in [0.2, 0.25) is 0 Å². The first-order valence-electron chi connectivity index (χ1n) is 13.4. The van der Waals surface area contributed by atoms with Gasteiger partial charge in [-0.2, -0.15) is 4.99 Å². The molecule has 8 nitrogen and oxygen atoms in total. The number of nitrogens with zero attached hydrogens (tertiary/aromatic N) is 5. The molecule has 1 saturated heterocycles. The molecule has 222 valence electrons. The fourth-order valence-electron chi connectivity index (χ4n) is 4.62. The summed E-state index contributed by atoms with van der Waals surface area (Å²) < 4.78 is 42.7. The Hall–Kier alpha value is -4.23. The molecule has 0 saturated carbocycles. The Labute approximate surface area is 256 Å². The first-order valence-corrected chi connectivity index (χ1v) is 14.8. The van der Waals surface area contributed by atoms with Crippen LogP contribution < -0.4 is 15.0 Å². The van der Waals surface area contributed by atoms with Crippen LogP contribution in [0.5, 0.6) is 5.75 Å². The molecule has 1 amide bonds. The Bertz CT molecular complexity index is 1670. The number of rotatable bonds is 8. The number of carbonyl (C=O) groups is 1. The lowest BCUT2D eigenvalue weighted by atomic mass is 10.0. The third-order valence-corrected chi connectivity index (χ3v) is 7.75. The Kier molecular flexibility index (Phi) is 9.11. The molecule has 1 fully saturated rings. The normalized spacial score (nSPS) is 14.4. The smallest absolute Gasteiger partial charge is 0.406 e. The SMILES string of the molecule is CCc1cccc(C)c1N1C(=O)CS/C1=N\C(=S)NCCc1cccc(-c2ncn(-c3ccc(OC(F)(F)F)cc3)n2)c1. The molecule has 1 aliphatic heterocycles. The van der Waals surface area contributed by atoms with E-state index in [1.807, 2.05) is 49.4 Å². The third-order valence-electron chi connectivity index (χ3n) is 6.59. The van der Waals surface area contributed by atoms with E-state index in [0.717, 1.165) is 34.4 Å². The van der Waals surface area contributed by atoms with Gasteiger partial charge in [-0.1, -0.05) is 55.1 Å². The molecule has 4 aromatic rings. The molecule has 0 unspecified atom stereocenters. The van der Waals surface area contributed by atoms with Crippen molar-refractivity contribution in [3.05, 3.63) is 89.7 Å². The molecule has 1 aromatic heterocycles. The molecule has 0 radical (unpaired) electrons. The zero-order valence-corrected chi connectivity index (χ0v) is 24.9. The van der Waals surface area contributed by atoms with Crippen LogP contribution in [-0.2, 0) is 17.6 Å². The van der Waals surface area contributed by atoms with Crippen LogP contribution in [0.4, 0.5) is 18.9 Å². The summed E-state index contributed by atoms with van der Waals surface area (Å²) in [5.41, 5.74) is 5.31. The van der Waals surface area contributed by atoms with Crippen LogP contribution in [0.15, 0.2) is 78.0 Å². The fraction of sp³-hybridized carbons (Fsp3) is 0.233. The average Bonchev–Trinajstić information content (AvgIpc) is 3.60. The molecular formula is C30H27F3N6O2S2. The summed E-state index contributed by atoms with van der Waals surface area (Å²) in [6.07, 6.45) is -1.81. The largest absolute Gasteiger partial charge is 0.573 e. The van der Waals surface area contributed by atoms with Gasteiger partial charge in [-0.15, -0.1) is 18.3 Å². The van der Waals surface area contributed by atoms with E-state index >= 15 is 0 Å². The second-order valence-corrected chi connectivity index (χ2v) is 10.9. The number of halogens is 3. The van der Waals surface area contributed by atoms with Gasteiger partial charge in [-0.3, -0.25) is 9.69 Å². The number of amides is 1. The minimum Gasteiger partial charge on any atom is -0.406 e. The number of anilines is 1. The number of alkyl halides is 3. The van der Waals surface area contributed by atoms with Gasteiger partial charge in [-0.05, 0) is 79.0 Å². The summed E-state index contributed by atoms with van der Waals surface area (Å²) in [5, 5.41) is 8.51. The summed E-state index contributed by atoms with van der Waals surface area (Å²) >= 11 is 6.86. The lowest BCUT2D eigenvalue weighted by molar-refractivity contribution is -0.274. The van der Waals surface area contributed by atoms with Crippen LogP contribution >= 0.6 is 24.0 Å². The van der Waals surface area contributed by atoms with Crippen LogP contribution in [0.3, 0.4) is 0 Å². The van der Waals surface area contributed by atoms with E-state index in [0.29, 0.717) is 40.5 Å². The maximum atomic E-state index is 12.8. The number of hydrogen-bond donors (Lipinski definition) is 1. The topological polar surface area (TPSA) is 84.6 Å². The van der Waals surface area contributed by atoms with Gasteiger partial charge < -0.3 is 10.1 Å². The van der Waals surface area contributed by atoms with E-state index in [9.17, 15) is 18.0 Å². The maximum Gasteiger partial charge on any atom is 0.573 e. The highest BCUT2D eigenvalue weighted by molar-refractivity contribution is 8.15. The summed E-state index contributed by atoms with van der Waals surface area (Å²) in [5.74, 6) is 0.454. The quantitative estimate of drug-likeness (QED) is 0.232. The molecule has 13 heteroatoms. The predicted octanol–water partition coefficient (Wildman–Crippen LogP) is 6.26. The van der Waals surface area contributed by atoms with Gasteiger partial charge in [0.15, 0.2) is 16.1 Å². The number of benzene rings is 3. The second-order valence-electron chi connectivity index (χ2n) is 9.59. The highest BCUT2D eigenvalue weighted by Crippen LogP contribution is 2.33. The van der Waals surface area contributed by atoms with Crippen molar-refractivity contribution in [2.75, 3.05) is 17.2 Å². The van der Waals surface area contributed by atoms with E-state index in [-0.39, 0.29) is 11.7 Å². The molecule has 43 heavy (non-hydrogen) atoms. The van der Waals surface area contributed by atoms with Crippen LogP contribution in [0.25, 0.3) is 17.1 Å². The minimum absolute atomic E-state index is 0.0177. The molecule has 1 aliphatic rings. The van der Waals surface area contributed by atoms with Crippen molar-refractivity contribution in [3.63, 3.8) is 0 Å². The zero-order chi connectivity index (χ0) is 30.6. The third kappa shape index (κ3) is 7.41. The van der Waals surface area contributed by atoms with Gasteiger partial charge in [0.1, 0.15) is 12.1 Å². The molecule has 5 rings (SSSR count). The van der Waals surface area contributed by atoms with Gasteiger partial charge in [-0.25, -0.2) is 9.67 Å². The number of ether oxygens (including phenoxy) is 1. The number of thioether (sulfide) groups is 1. The number of para-hydroxylation sites is 1. The van der Waals surface area contributed by atoms with E-state index in [1.54, 1.807) is 4.90 Å². The molecule has 2 heterocycles. The standard InChI is InChI=1S/C30H27F3N6O2S2/c1-3-21-8-4-6-19(2)26(21)39-25(40)17-43-29(39)36-28(42)34-15-14-20-7-5-9-22(16-20)27-35-18-38(37-27)23-10-12-24(13-11-23)41-30(31,32)33/h4-13,16,18H,3,14-15,17H2,1-2H3,(H,34,42)/b36-29-. The van der Waals surface area contributed by atoms with E-state index in [4.69, 9.17) is 12.2 Å². The lowest BCUT2D eigenvalue weighted by Crippen LogP contribution is -2.33. The number of thiocarbonyl (C=S) groups is 1. The minimum atomic E-state index is -4.75. The second kappa shape index (κ2) is 13.0. The number of aromatic nitrogens is 3. The number of aryl methyl sites for hydroxylation is 2. The molecule has 0 spiro atoms. The van der Waals surface area contributed by atoms with Gasteiger partial charge in [0, 0.05) is 12.1 Å². The van der Waals surface area contributed by atoms with Crippen molar-refractivity contribution in [2.45, 2.75) is 33.1 Å². The van der Waals surface area contributed by atoms with Crippen LogP contribution in [0.1, 0.15) is 23.6 Å². The summed E-state index contributed by atoms with van der Waals surface area (Å²) in [4.78, 5) is 23.4. The van der Waals surface area contributed by atoms with E-state index in [1.165, 1.54) is 47.0 Å². The number of amidine groups is 1. The molecule has 3 aromatic carbocycles. The van der Waals surface area contributed by atoms with E-state index in [2.05, 4.69) is 32.1 Å². The van der Waals surface area contributed by atoms with Crippen LogP contribution in [0, 0.1) is 6.92 Å². The zero-order valence-electron chi connectivity index (χ0n) is 23.3. The van der Waals surface area contributed by atoms with Gasteiger partial charge in [0.05, 0.1) is 17.1 Å². The molecule has 0 bridgehead atoms. The summed E-state index contributed by atoms with van der Waals surface area (Å²) in [6, 6.07) is 19.1. The van der Waals surface area contributed by atoms with E-state index < -0.39 is 6.36 Å². The molecule has 0 aliphatic carbocycles. The Balaban J connectivity index is 1.21. The number of nitrogens with one attached hydrogen (secondary N) is 1. The van der Waals surface area contributed by atoms with Gasteiger partial charge >= 0.3 is 6.36 Å². The highest BCUT2D eigenvalue weighted by atomic mass is 32.2. The predicted molar refractivity (Wildman–Crippen MR) is 166 cm³/mol. The highest BCUT2D eigenvalue weighted by Gasteiger charge is 2.32. The maximum absolute atomic E-state index is 12.8. The van der Waals surface area contributed by atoms with Crippen molar-refractivity contribution < 1.29 is 22.7 Å². The summed E-state index contributed by atoms with van der Waals surface area (Å²) in [6.45, 7) is 4.57. The van der Waals surface area contributed by atoms with Crippen molar-refractivity contribution in [1.29, 1.82) is 0 Å². The van der Waals surface area contributed by atoms with Crippen molar-refractivity contribution in [2.24, 2.45) is 4.99 Å². The summed E-state index contributed by atoms with van der Waals surface area (Å²) in [7, 11) is 0. The number of carbonyl (C=O) groups excluding carboxylic acids is 1. The Morgan fingerprint density at radius 2 is 1.91 bits per heavy atom. The van der Waals surface area contributed by atoms with Crippen molar-refractivity contribution in [1.82, 2.24) is 20.1 Å². The van der Waals surface area contributed by atoms with Crippen molar-refractivity contribution in [3.8, 4) is 22.8 Å². The first kappa shape index (κ1) is 30.2. The lowest BCUT2D eigenvalue weighted by Gasteiger charge is -2.22. The van der Waals surface area contributed by atoms with Crippen molar-refractivity contribution >= 4 is 45.9 Å². The molecule has 0 atom stereocenters. The number of aliphatic imine (C=N–C) groups is 1. The molecule has 1 N–H and O–H groups in total. The monoisotopic (exact) mass is 624 g/mol. The first-order chi connectivity index (χ1) is 20.6. The number of hydrogen-bond acceptors (Lipinski definition) is 6. The fourth-order valence-corrected chi connectivity index (χ4v) is 5.72. The molecular weight excluding hydrogens is 597 g/mol.